The van der Waals surface area contributed by atoms with Crippen LogP contribution in [0, 0.1) is 5.92 Å². The average Bonchev–Trinajstić information content (AvgIpc) is 2.13. The number of hydrogen-bond donors (Lipinski definition) is 0. The van der Waals surface area contributed by atoms with Gasteiger partial charge in [0.15, 0.2) is 0 Å². The van der Waals surface area contributed by atoms with Gasteiger partial charge in [-0.2, -0.15) is 0 Å². The standard InChI is InChI=1S/C8H11BrS/c1-6(2)3-8-4-7(9)5-10-8/h4-6H,3H2,1-2H3. The first-order valence-corrected chi connectivity index (χ1v) is 5.08. The molecule has 0 amide bonds. The van der Waals surface area contributed by atoms with Gasteiger partial charge in [-0.05, 0) is 34.3 Å². The highest BCUT2D eigenvalue weighted by atomic mass is 79.9. The zero-order valence-corrected chi connectivity index (χ0v) is 8.63. The molecule has 10 heavy (non-hydrogen) atoms. The summed E-state index contributed by atoms with van der Waals surface area (Å²) in [5.74, 6) is 0.769. The highest BCUT2D eigenvalue weighted by Gasteiger charge is 1.99. The van der Waals surface area contributed by atoms with Crippen LogP contribution >= 0.6 is 27.3 Å². The van der Waals surface area contributed by atoms with Gasteiger partial charge in [0.05, 0.1) is 0 Å². The van der Waals surface area contributed by atoms with E-state index in [9.17, 15) is 0 Å². The van der Waals surface area contributed by atoms with Crippen LogP contribution in [0.3, 0.4) is 0 Å². The van der Waals surface area contributed by atoms with E-state index in [0.29, 0.717) is 0 Å². The normalized spacial score (nSPS) is 10.8. The molecule has 1 aromatic rings. The lowest BCUT2D eigenvalue weighted by Crippen LogP contribution is -1.89. The second-order valence-electron chi connectivity index (χ2n) is 2.83. The van der Waals surface area contributed by atoms with Gasteiger partial charge >= 0.3 is 0 Å². The Morgan fingerprint density at radius 1 is 1.60 bits per heavy atom. The zero-order valence-electron chi connectivity index (χ0n) is 6.23. The highest BCUT2D eigenvalue weighted by molar-refractivity contribution is 9.10. The molecule has 1 heterocycles. The van der Waals surface area contributed by atoms with Crippen LogP contribution in [-0.4, -0.2) is 0 Å². The number of thiophene rings is 1. The molecule has 0 saturated heterocycles. The predicted octanol–water partition coefficient (Wildman–Crippen LogP) is 3.71. The molecule has 0 aliphatic rings. The molecule has 0 radical (unpaired) electrons. The largest absolute Gasteiger partial charge is 0.148 e. The van der Waals surface area contributed by atoms with E-state index in [1.54, 1.807) is 0 Å². The van der Waals surface area contributed by atoms with E-state index in [4.69, 9.17) is 0 Å². The van der Waals surface area contributed by atoms with Crippen molar-refractivity contribution in [2.75, 3.05) is 0 Å². The maximum absolute atomic E-state index is 3.43. The highest BCUT2D eigenvalue weighted by Crippen LogP contribution is 2.21. The molecule has 1 aromatic heterocycles. The molecule has 0 unspecified atom stereocenters. The van der Waals surface area contributed by atoms with Gasteiger partial charge in [0, 0.05) is 14.7 Å². The lowest BCUT2D eigenvalue weighted by Gasteiger charge is -1.98. The van der Waals surface area contributed by atoms with Crippen LogP contribution in [-0.2, 0) is 6.42 Å². The van der Waals surface area contributed by atoms with Crippen LogP contribution in [0.1, 0.15) is 18.7 Å². The summed E-state index contributed by atoms with van der Waals surface area (Å²) in [5.41, 5.74) is 0. The molecule has 0 nitrogen and oxygen atoms in total. The molecule has 0 atom stereocenters. The van der Waals surface area contributed by atoms with Crippen molar-refractivity contribution in [1.82, 2.24) is 0 Å². The minimum Gasteiger partial charge on any atom is -0.148 e. The van der Waals surface area contributed by atoms with Crippen molar-refractivity contribution in [2.45, 2.75) is 20.3 Å². The van der Waals surface area contributed by atoms with E-state index >= 15 is 0 Å². The Morgan fingerprint density at radius 3 is 2.70 bits per heavy atom. The quantitative estimate of drug-likeness (QED) is 0.711. The summed E-state index contributed by atoms with van der Waals surface area (Å²) in [5, 5.41) is 2.14. The molecule has 0 spiro atoms. The van der Waals surface area contributed by atoms with Crippen LogP contribution in [0.5, 0.6) is 0 Å². The van der Waals surface area contributed by atoms with Crippen LogP contribution in [0.25, 0.3) is 0 Å². The van der Waals surface area contributed by atoms with E-state index < -0.39 is 0 Å². The Bertz CT molecular complexity index is 203. The van der Waals surface area contributed by atoms with E-state index in [1.165, 1.54) is 15.8 Å². The molecule has 0 saturated carbocycles. The number of halogens is 1. The molecular formula is C8H11BrS. The van der Waals surface area contributed by atoms with Crippen molar-refractivity contribution >= 4 is 27.3 Å². The number of hydrogen-bond acceptors (Lipinski definition) is 1. The molecule has 56 valence electrons. The first-order valence-electron chi connectivity index (χ1n) is 3.41. The fourth-order valence-corrected chi connectivity index (χ4v) is 2.53. The smallest absolute Gasteiger partial charge is 0.0285 e. The minimum atomic E-state index is 0.769. The molecule has 0 aliphatic carbocycles. The van der Waals surface area contributed by atoms with E-state index in [2.05, 4.69) is 41.2 Å². The second-order valence-corrected chi connectivity index (χ2v) is 4.74. The van der Waals surface area contributed by atoms with E-state index in [0.717, 1.165) is 5.92 Å². The van der Waals surface area contributed by atoms with Crippen molar-refractivity contribution in [3.63, 3.8) is 0 Å². The van der Waals surface area contributed by atoms with Gasteiger partial charge in [0.25, 0.3) is 0 Å². The van der Waals surface area contributed by atoms with Crippen LogP contribution in [0.2, 0.25) is 0 Å². The summed E-state index contributed by atoms with van der Waals surface area (Å²) < 4.78 is 1.22. The summed E-state index contributed by atoms with van der Waals surface area (Å²) in [7, 11) is 0. The Morgan fingerprint density at radius 2 is 2.30 bits per heavy atom. The van der Waals surface area contributed by atoms with Crippen LogP contribution in [0.4, 0.5) is 0 Å². The van der Waals surface area contributed by atoms with Gasteiger partial charge in [0.2, 0.25) is 0 Å². The fourth-order valence-electron chi connectivity index (χ4n) is 0.863. The van der Waals surface area contributed by atoms with Gasteiger partial charge in [-0.25, -0.2) is 0 Å². The van der Waals surface area contributed by atoms with Crippen LogP contribution in [0.15, 0.2) is 15.9 Å². The predicted molar refractivity (Wildman–Crippen MR) is 50.6 cm³/mol. The summed E-state index contributed by atoms with van der Waals surface area (Å²) in [6.07, 6.45) is 1.20. The van der Waals surface area contributed by atoms with Crippen molar-refractivity contribution in [1.29, 1.82) is 0 Å². The van der Waals surface area contributed by atoms with Gasteiger partial charge in [-0.15, -0.1) is 11.3 Å². The third-order valence-corrected chi connectivity index (χ3v) is 2.95. The maximum atomic E-state index is 3.43. The first kappa shape index (κ1) is 8.28. The minimum absolute atomic E-state index is 0.769. The average molecular weight is 219 g/mol. The zero-order chi connectivity index (χ0) is 7.56. The van der Waals surface area contributed by atoms with Gasteiger partial charge in [0.1, 0.15) is 0 Å². The maximum Gasteiger partial charge on any atom is 0.0285 e. The molecule has 2 heteroatoms. The van der Waals surface area contributed by atoms with Crippen molar-refractivity contribution in [2.24, 2.45) is 5.92 Å². The Kier molecular flexibility index (Phi) is 2.93. The van der Waals surface area contributed by atoms with Gasteiger partial charge in [-0.1, -0.05) is 13.8 Å². The topological polar surface area (TPSA) is 0 Å². The summed E-state index contributed by atoms with van der Waals surface area (Å²) in [6.45, 7) is 4.49. The van der Waals surface area contributed by atoms with Crippen molar-refractivity contribution in [3.05, 3.63) is 20.8 Å². The van der Waals surface area contributed by atoms with Gasteiger partial charge in [-0.3, -0.25) is 0 Å². The van der Waals surface area contributed by atoms with E-state index in [1.807, 2.05) is 11.3 Å². The molecule has 0 bridgehead atoms. The molecular weight excluding hydrogens is 208 g/mol. The monoisotopic (exact) mass is 218 g/mol. The molecule has 0 aliphatic heterocycles. The summed E-state index contributed by atoms with van der Waals surface area (Å²) >= 11 is 5.26. The lowest BCUT2D eigenvalue weighted by molar-refractivity contribution is 0.654. The number of rotatable bonds is 2. The molecule has 0 aromatic carbocycles. The summed E-state index contributed by atoms with van der Waals surface area (Å²) in [6, 6.07) is 2.20. The SMILES string of the molecule is CC(C)Cc1cc(Br)cs1. The van der Waals surface area contributed by atoms with Crippen LogP contribution < -0.4 is 0 Å². The van der Waals surface area contributed by atoms with E-state index in [-0.39, 0.29) is 0 Å². The fraction of sp³-hybridized carbons (Fsp3) is 0.500. The summed E-state index contributed by atoms with van der Waals surface area (Å²) in [4.78, 5) is 1.47. The second kappa shape index (κ2) is 3.54. The molecule has 1 rings (SSSR count). The van der Waals surface area contributed by atoms with Crippen molar-refractivity contribution < 1.29 is 0 Å². The van der Waals surface area contributed by atoms with Crippen molar-refractivity contribution in [3.8, 4) is 0 Å². The third-order valence-electron chi connectivity index (χ3n) is 1.23. The Labute approximate surface area is 74.4 Å². The third kappa shape index (κ3) is 2.43. The molecule has 0 N–H and O–H groups in total. The first-order chi connectivity index (χ1) is 4.68. The van der Waals surface area contributed by atoms with Gasteiger partial charge < -0.3 is 0 Å². The lowest BCUT2D eigenvalue weighted by atomic mass is 10.1. The Hall–Kier alpha value is 0.180. The Balaban J connectivity index is 2.58. The molecule has 0 fully saturated rings.